The van der Waals surface area contributed by atoms with Crippen molar-refractivity contribution >= 4 is 11.8 Å². The van der Waals surface area contributed by atoms with Crippen molar-refractivity contribution in [3.8, 4) is 0 Å². The zero-order valence-electron chi connectivity index (χ0n) is 31.9. The highest BCUT2D eigenvalue weighted by Crippen LogP contribution is 2.39. The molecule has 0 bridgehead atoms. The lowest BCUT2D eigenvalue weighted by Crippen LogP contribution is -2.59. The van der Waals surface area contributed by atoms with E-state index in [4.69, 9.17) is 28.4 Å². The van der Waals surface area contributed by atoms with Gasteiger partial charge in [-0.3, -0.25) is 9.59 Å². The molecular weight excluding hydrogens is 638 g/mol. The van der Waals surface area contributed by atoms with E-state index in [-0.39, 0.29) is 30.3 Å². The van der Waals surface area contributed by atoms with Crippen LogP contribution in [-0.4, -0.2) is 137 Å². The van der Waals surface area contributed by atoms with Gasteiger partial charge in [0.1, 0.15) is 29.7 Å². The second-order valence-corrected chi connectivity index (χ2v) is 15.9. The normalized spacial score (nSPS) is 49.8. The van der Waals surface area contributed by atoms with E-state index in [1.807, 2.05) is 39.8 Å². The van der Waals surface area contributed by atoms with Gasteiger partial charge < -0.3 is 53.7 Å². The van der Waals surface area contributed by atoms with Gasteiger partial charge >= 0.3 is 5.97 Å². The van der Waals surface area contributed by atoms with Crippen LogP contribution >= 0.6 is 0 Å². The molecule has 49 heavy (non-hydrogen) atoms. The van der Waals surface area contributed by atoms with E-state index >= 15 is 0 Å². The fraction of sp³-hybridized carbons (Fsp3) is 0.944. The summed E-state index contributed by atoms with van der Waals surface area (Å²) in [4.78, 5) is 29.5. The summed E-state index contributed by atoms with van der Waals surface area (Å²) < 4.78 is 37.2. The van der Waals surface area contributed by atoms with E-state index < -0.39 is 96.2 Å². The number of likely N-dealkylation sites (N-methyl/N-ethyl adjacent to an activating group) is 1. The molecule has 13 nitrogen and oxygen atoms in total. The zero-order valence-corrected chi connectivity index (χ0v) is 31.9. The van der Waals surface area contributed by atoms with Gasteiger partial charge in [-0.25, -0.2) is 0 Å². The van der Waals surface area contributed by atoms with Crippen molar-refractivity contribution in [2.24, 2.45) is 29.6 Å². The van der Waals surface area contributed by atoms with Crippen molar-refractivity contribution in [2.75, 3.05) is 21.2 Å². The Morgan fingerprint density at radius 3 is 2.02 bits per heavy atom. The predicted octanol–water partition coefficient (Wildman–Crippen LogP) is 2.28. The van der Waals surface area contributed by atoms with Gasteiger partial charge in [0.2, 0.25) is 0 Å². The van der Waals surface area contributed by atoms with Crippen molar-refractivity contribution in [3.05, 3.63) is 0 Å². The first-order valence-corrected chi connectivity index (χ1v) is 17.9. The van der Waals surface area contributed by atoms with Crippen LogP contribution in [-0.2, 0) is 38.0 Å². The Balaban J connectivity index is 2.11. The number of ketones is 1. The van der Waals surface area contributed by atoms with E-state index in [0.29, 0.717) is 12.8 Å². The number of methoxy groups -OCH3 is 1. The van der Waals surface area contributed by atoms with E-state index in [0.717, 1.165) is 0 Å². The fourth-order valence-electron chi connectivity index (χ4n) is 7.93. The Hall–Kier alpha value is -1.26. The molecule has 3 rings (SSSR count). The summed E-state index contributed by atoms with van der Waals surface area (Å²) in [5.41, 5.74) is -2.92. The van der Waals surface area contributed by atoms with Crippen molar-refractivity contribution in [3.63, 3.8) is 0 Å². The van der Waals surface area contributed by atoms with Gasteiger partial charge in [0, 0.05) is 37.3 Å². The first-order chi connectivity index (χ1) is 22.6. The third-order valence-corrected chi connectivity index (χ3v) is 11.7. The quantitative estimate of drug-likeness (QED) is 0.297. The maximum atomic E-state index is 13.9. The molecule has 0 aromatic heterocycles. The molecule has 18 atom stereocenters. The molecule has 0 aliphatic carbocycles. The van der Waals surface area contributed by atoms with Gasteiger partial charge in [0.25, 0.3) is 0 Å². The molecule has 3 fully saturated rings. The van der Waals surface area contributed by atoms with Crippen molar-refractivity contribution in [2.45, 2.75) is 167 Å². The smallest absolute Gasteiger partial charge is 0.311 e. The monoisotopic (exact) mass is 703 g/mol. The summed E-state index contributed by atoms with van der Waals surface area (Å²) in [6.45, 7) is 17.1. The lowest BCUT2D eigenvalue weighted by molar-refractivity contribution is -0.309. The Kier molecular flexibility index (Phi) is 14.3. The van der Waals surface area contributed by atoms with Crippen molar-refractivity contribution < 1.29 is 58.4 Å². The highest BCUT2D eigenvalue weighted by atomic mass is 16.7. The predicted molar refractivity (Wildman–Crippen MR) is 180 cm³/mol. The molecule has 0 spiro atoms. The molecule has 8 unspecified atom stereocenters. The number of hydrogen-bond donors (Lipinski definition) is 4. The number of ether oxygens (including phenoxy) is 6. The van der Waals surface area contributed by atoms with Crippen LogP contribution in [0.5, 0.6) is 0 Å². The molecule has 3 heterocycles. The van der Waals surface area contributed by atoms with Crippen LogP contribution in [0.2, 0.25) is 0 Å². The van der Waals surface area contributed by atoms with E-state index in [2.05, 4.69) is 0 Å². The number of Topliss-reactive ketones (excluding diaryl/α,β-unsaturated/α-hetero) is 1. The Morgan fingerprint density at radius 2 is 1.45 bits per heavy atom. The van der Waals surface area contributed by atoms with Gasteiger partial charge in [-0.1, -0.05) is 27.7 Å². The molecule has 13 heteroatoms. The number of aliphatic hydroxyl groups excluding tert-OH is 3. The second kappa shape index (κ2) is 16.6. The standard InChI is InChI=1S/C36H65NO12/c1-17-14-18(2)29(49-34-28(39)25(37(11)12)15-19(3)45-34)21(5)30(48-26-16-35(9,44-13)32(41)23(7)46-26)22(6)33(42)47-24(8)36(10,43)31(40)20(4)27(17)38/h17-26,28-32,34,39-41,43H,14-16H2,1-13H3/t17-,18+,19-,20+,21+,22-,23+,24-,25?,26?,28?,29?,30?,31?,32?,34?,35-,36-/m1/s1. The Bertz CT molecular complexity index is 1110. The number of esters is 1. The highest BCUT2D eigenvalue weighted by molar-refractivity contribution is 5.83. The molecule has 0 saturated carbocycles. The molecule has 3 aliphatic heterocycles. The molecule has 0 aromatic carbocycles. The first kappa shape index (κ1) is 42.2. The van der Waals surface area contributed by atoms with Gasteiger partial charge in [0.05, 0.1) is 42.0 Å². The maximum Gasteiger partial charge on any atom is 0.311 e. The number of cyclic esters (lactones) is 1. The summed E-state index contributed by atoms with van der Waals surface area (Å²) in [6.07, 6.45) is -7.86. The number of rotatable bonds is 6. The van der Waals surface area contributed by atoms with Crippen LogP contribution in [0.4, 0.5) is 0 Å². The Labute approximate surface area is 292 Å². The van der Waals surface area contributed by atoms with Crippen LogP contribution in [0.15, 0.2) is 0 Å². The van der Waals surface area contributed by atoms with Crippen molar-refractivity contribution in [1.29, 1.82) is 0 Å². The van der Waals surface area contributed by atoms with Gasteiger partial charge in [-0.05, 0) is 74.4 Å². The van der Waals surface area contributed by atoms with Crippen LogP contribution in [0.1, 0.15) is 88.5 Å². The molecule has 4 N–H and O–H groups in total. The zero-order chi connectivity index (χ0) is 37.3. The molecule has 0 radical (unpaired) electrons. The van der Waals surface area contributed by atoms with Gasteiger partial charge in [0.15, 0.2) is 12.6 Å². The first-order valence-electron chi connectivity index (χ1n) is 17.9. The highest BCUT2D eigenvalue weighted by Gasteiger charge is 2.51. The third-order valence-electron chi connectivity index (χ3n) is 11.7. The minimum atomic E-state index is -1.93. The molecule has 0 aromatic rings. The van der Waals surface area contributed by atoms with Crippen molar-refractivity contribution in [1.82, 2.24) is 4.90 Å². The summed E-state index contributed by atoms with van der Waals surface area (Å²) in [5, 5.41) is 44.9. The summed E-state index contributed by atoms with van der Waals surface area (Å²) >= 11 is 0. The third kappa shape index (κ3) is 9.22. The van der Waals surface area contributed by atoms with Crippen LogP contribution in [0.3, 0.4) is 0 Å². The SMILES string of the molecule is CO[C@]1(C)CC(OC2[C@@H](C)C(OC3O[C@H](C)CC(N(C)C)C3O)[C@@H](C)C[C@@H](C)C(=O)[C@H](C)C(O)[C@](C)(O)[C@@H](C)OC(=O)[C@@H]2C)O[C@@H](C)C1O. The van der Waals surface area contributed by atoms with Crippen LogP contribution < -0.4 is 0 Å². The topological polar surface area (TPSA) is 174 Å². The van der Waals surface area contributed by atoms with Crippen LogP contribution in [0, 0.1) is 29.6 Å². The lowest BCUT2D eigenvalue weighted by Gasteiger charge is -2.47. The van der Waals surface area contributed by atoms with Gasteiger partial charge in [-0.15, -0.1) is 0 Å². The summed E-state index contributed by atoms with van der Waals surface area (Å²) in [7, 11) is 5.30. The fourth-order valence-corrected chi connectivity index (χ4v) is 7.93. The van der Waals surface area contributed by atoms with Gasteiger partial charge in [-0.2, -0.15) is 0 Å². The number of carbonyl (C=O) groups is 2. The van der Waals surface area contributed by atoms with Crippen LogP contribution in [0.25, 0.3) is 0 Å². The number of nitrogens with zero attached hydrogens (tertiary/aromatic N) is 1. The molecule has 286 valence electrons. The number of aliphatic hydroxyl groups is 4. The molecule has 3 aliphatic rings. The van der Waals surface area contributed by atoms with E-state index in [1.165, 1.54) is 21.0 Å². The largest absolute Gasteiger partial charge is 0.459 e. The minimum absolute atomic E-state index is 0.161. The molecule has 3 saturated heterocycles. The number of hydrogen-bond acceptors (Lipinski definition) is 13. The lowest BCUT2D eigenvalue weighted by atomic mass is 9.76. The minimum Gasteiger partial charge on any atom is -0.459 e. The maximum absolute atomic E-state index is 13.9. The molecular formula is C36H65NO12. The number of carbonyl (C=O) groups excluding carboxylic acids is 2. The average Bonchev–Trinajstić information content (AvgIpc) is 3.03. The molecule has 0 amide bonds. The summed E-state index contributed by atoms with van der Waals surface area (Å²) in [6, 6.07) is -0.230. The Morgan fingerprint density at radius 1 is 0.837 bits per heavy atom. The average molecular weight is 704 g/mol. The summed E-state index contributed by atoms with van der Waals surface area (Å²) in [5.74, 6) is -4.27. The van der Waals surface area contributed by atoms with E-state index in [1.54, 1.807) is 34.6 Å². The van der Waals surface area contributed by atoms with E-state index in [9.17, 15) is 30.0 Å². The second-order valence-electron chi connectivity index (χ2n) is 15.9.